The Kier molecular flexibility index (Phi) is 2.41. The molecule has 5 nitrogen and oxygen atoms in total. The Morgan fingerprint density at radius 3 is 2.60 bits per heavy atom. The first-order valence-corrected chi connectivity index (χ1v) is 7.19. The maximum absolute atomic E-state index is 11.5. The number of nitrogens with zero attached hydrogens (tertiary/aromatic N) is 2. The first-order valence-electron chi connectivity index (χ1n) is 7.19. The minimum atomic E-state index is -0.412. The molecule has 2 aromatic rings. The number of piperidine rings is 3. The van der Waals surface area contributed by atoms with E-state index in [9.17, 15) is 4.79 Å². The number of imidazole rings is 1. The van der Waals surface area contributed by atoms with Crippen molar-refractivity contribution in [1.82, 2.24) is 14.9 Å². The molecule has 3 aliphatic heterocycles. The molecule has 20 heavy (non-hydrogen) atoms. The number of primary amides is 1. The Bertz CT molecular complexity index is 668. The van der Waals surface area contributed by atoms with Gasteiger partial charge >= 0.3 is 0 Å². The lowest BCUT2D eigenvalue weighted by molar-refractivity contribution is 0.0770. The van der Waals surface area contributed by atoms with Gasteiger partial charge in [-0.15, -0.1) is 0 Å². The third-order valence-electron chi connectivity index (χ3n) is 5.00. The minimum absolute atomic E-state index is 0.169. The maximum Gasteiger partial charge on any atom is 0.250 e. The van der Waals surface area contributed by atoms with Crippen LogP contribution in [0, 0.1) is 0 Å². The Morgan fingerprint density at radius 1 is 1.25 bits per heavy atom. The molecule has 1 aromatic carbocycles. The van der Waals surface area contributed by atoms with Crippen LogP contribution in [0.1, 0.15) is 35.4 Å². The normalized spacial score (nSPS) is 28.9. The molecule has 5 heteroatoms. The predicted molar refractivity (Wildman–Crippen MR) is 76.6 cm³/mol. The molecule has 104 valence electrons. The maximum atomic E-state index is 11.5. The number of hydrogen-bond acceptors (Lipinski definition) is 3. The molecule has 5 rings (SSSR count). The summed E-state index contributed by atoms with van der Waals surface area (Å²) >= 11 is 0. The van der Waals surface area contributed by atoms with E-state index in [-0.39, 0.29) is 5.41 Å². The number of rotatable bonds is 2. The Morgan fingerprint density at radius 2 is 1.95 bits per heavy atom. The van der Waals surface area contributed by atoms with Gasteiger partial charge in [0.15, 0.2) is 0 Å². The fraction of sp³-hybridized carbons (Fsp3) is 0.467. The highest BCUT2D eigenvalue weighted by atomic mass is 16.1. The SMILES string of the molecule is NC(=O)c1cccc2[nH]c(C34CCN(CC3)CC4)nc12. The number of fused-ring (bicyclic) bond motifs is 4. The van der Waals surface area contributed by atoms with Gasteiger partial charge in [-0.3, -0.25) is 4.79 Å². The second-order valence-corrected chi connectivity index (χ2v) is 6.02. The standard InChI is InChI=1S/C15H18N4O/c16-13(20)10-2-1-3-11-12(10)18-14(17-11)15-4-7-19(8-5-15)9-6-15/h1-3H,4-9H2,(H2,16,20)(H,17,18). The number of nitrogens with two attached hydrogens (primary N) is 1. The number of aromatic amines is 1. The van der Waals surface area contributed by atoms with E-state index in [1.54, 1.807) is 6.07 Å². The Labute approximate surface area is 117 Å². The van der Waals surface area contributed by atoms with E-state index in [2.05, 4.69) is 9.88 Å². The lowest BCUT2D eigenvalue weighted by atomic mass is 9.71. The number of amides is 1. The van der Waals surface area contributed by atoms with Gasteiger partial charge < -0.3 is 15.6 Å². The first-order chi connectivity index (χ1) is 9.68. The summed E-state index contributed by atoms with van der Waals surface area (Å²) in [5.74, 6) is 0.630. The van der Waals surface area contributed by atoms with Gasteiger partial charge in [0, 0.05) is 5.41 Å². The zero-order chi connectivity index (χ0) is 13.7. The number of carbonyl (C=O) groups is 1. The summed E-state index contributed by atoms with van der Waals surface area (Å²) < 4.78 is 0. The van der Waals surface area contributed by atoms with Crippen molar-refractivity contribution in [3.8, 4) is 0 Å². The van der Waals surface area contributed by atoms with Crippen molar-refractivity contribution in [3.05, 3.63) is 29.6 Å². The van der Waals surface area contributed by atoms with Crippen LogP contribution in [0.2, 0.25) is 0 Å². The number of carbonyl (C=O) groups excluding carboxylic acids is 1. The fourth-order valence-corrected chi connectivity index (χ4v) is 3.66. The predicted octanol–water partition coefficient (Wildman–Crippen LogP) is 1.40. The highest BCUT2D eigenvalue weighted by molar-refractivity contribution is 6.04. The van der Waals surface area contributed by atoms with E-state index in [0.717, 1.165) is 55.8 Å². The lowest BCUT2D eigenvalue weighted by Crippen LogP contribution is -2.51. The van der Waals surface area contributed by atoms with E-state index < -0.39 is 5.91 Å². The monoisotopic (exact) mass is 270 g/mol. The smallest absolute Gasteiger partial charge is 0.250 e. The summed E-state index contributed by atoms with van der Waals surface area (Å²) in [6.07, 6.45) is 3.45. The Balaban J connectivity index is 1.85. The van der Waals surface area contributed by atoms with Crippen molar-refractivity contribution in [3.63, 3.8) is 0 Å². The number of H-pyrrole nitrogens is 1. The molecule has 3 fully saturated rings. The Hall–Kier alpha value is -1.88. The van der Waals surface area contributed by atoms with Crippen LogP contribution in [0.25, 0.3) is 11.0 Å². The summed E-state index contributed by atoms with van der Waals surface area (Å²) in [6, 6.07) is 5.56. The van der Waals surface area contributed by atoms with E-state index in [1.807, 2.05) is 12.1 Å². The van der Waals surface area contributed by atoms with Crippen molar-refractivity contribution in [2.24, 2.45) is 5.73 Å². The zero-order valence-corrected chi connectivity index (χ0v) is 11.4. The number of para-hydroxylation sites is 1. The second kappa shape index (κ2) is 4.06. The van der Waals surface area contributed by atoms with Crippen LogP contribution in [0.4, 0.5) is 0 Å². The highest BCUT2D eigenvalue weighted by Crippen LogP contribution is 2.42. The quantitative estimate of drug-likeness (QED) is 0.866. The molecule has 3 saturated heterocycles. The summed E-state index contributed by atoms with van der Waals surface area (Å²) in [6.45, 7) is 3.46. The van der Waals surface area contributed by atoms with Gasteiger partial charge in [0.05, 0.1) is 11.1 Å². The van der Waals surface area contributed by atoms with Crippen LogP contribution in [0.3, 0.4) is 0 Å². The summed E-state index contributed by atoms with van der Waals surface area (Å²) in [5.41, 5.74) is 7.75. The van der Waals surface area contributed by atoms with E-state index in [4.69, 9.17) is 10.7 Å². The average Bonchev–Trinajstić information content (AvgIpc) is 2.93. The fourth-order valence-electron chi connectivity index (χ4n) is 3.66. The first kappa shape index (κ1) is 11.9. The molecule has 1 aromatic heterocycles. The molecule has 0 unspecified atom stereocenters. The van der Waals surface area contributed by atoms with Gasteiger partial charge in [-0.2, -0.15) is 0 Å². The molecular weight excluding hydrogens is 252 g/mol. The molecule has 3 aliphatic rings. The zero-order valence-electron chi connectivity index (χ0n) is 11.4. The number of nitrogens with one attached hydrogen (secondary N) is 1. The van der Waals surface area contributed by atoms with E-state index in [1.165, 1.54) is 0 Å². The number of aromatic nitrogens is 2. The van der Waals surface area contributed by atoms with E-state index >= 15 is 0 Å². The summed E-state index contributed by atoms with van der Waals surface area (Å²) in [5, 5.41) is 0. The largest absolute Gasteiger partial charge is 0.366 e. The molecule has 0 spiro atoms. The molecule has 0 aliphatic carbocycles. The van der Waals surface area contributed by atoms with Crippen LogP contribution >= 0.6 is 0 Å². The van der Waals surface area contributed by atoms with Crippen LogP contribution in [0.5, 0.6) is 0 Å². The molecule has 1 amide bonds. The average molecular weight is 270 g/mol. The van der Waals surface area contributed by atoms with Gasteiger partial charge in [-0.25, -0.2) is 4.98 Å². The van der Waals surface area contributed by atoms with Gasteiger partial charge in [0.25, 0.3) is 5.91 Å². The molecule has 2 bridgehead atoms. The molecule has 4 heterocycles. The van der Waals surface area contributed by atoms with Gasteiger partial charge in [-0.05, 0) is 51.0 Å². The molecule has 0 atom stereocenters. The third-order valence-corrected chi connectivity index (χ3v) is 5.00. The van der Waals surface area contributed by atoms with Crippen molar-refractivity contribution < 1.29 is 4.79 Å². The third kappa shape index (κ3) is 1.59. The van der Waals surface area contributed by atoms with Crippen molar-refractivity contribution in [2.75, 3.05) is 19.6 Å². The lowest BCUT2D eigenvalue weighted by Gasteiger charge is -2.47. The van der Waals surface area contributed by atoms with Crippen LogP contribution in [0.15, 0.2) is 18.2 Å². The molecule has 3 N–H and O–H groups in total. The number of hydrogen-bond donors (Lipinski definition) is 2. The second-order valence-electron chi connectivity index (χ2n) is 6.02. The van der Waals surface area contributed by atoms with Gasteiger partial charge in [-0.1, -0.05) is 6.07 Å². The summed E-state index contributed by atoms with van der Waals surface area (Å²) in [7, 11) is 0. The number of benzene rings is 1. The summed E-state index contributed by atoms with van der Waals surface area (Å²) in [4.78, 5) is 22.2. The molecule has 0 radical (unpaired) electrons. The topological polar surface area (TPSA) is 75.0 Å². The van der Waals surface area contributed by atoms with Gasteiger partial charge in [0.1, 0.15) is 11.3 Å². The van der Waals surface area contributed by atoms with E-state index in [0.29, 0.717) is 5.56 Å². The van der Waals surface area contributed by atoms with Crippen molar-refractivity contribution in [1.29, 1.82) is 0 Å². The van der Waals surface area contributed by atoms with Crippen LogP contribution in [-0.4, -0.2) is 40.4 Å². The van der Waals surface area contributed by atoms with Crippen LogP contribution < -0.4 is 5.73 Å². The minimum Gasteiger partial charge on any atom is -0.366 e. The molecular formula is C15H18N4O. The van der Waals surface area contributed by atoms with Gasteiger partial charge in [0.2, 0.25) is 0 Å². The van der Waals surface area contributed by atoms with Crippen molar-refractivity contribution >= 4 is 16.9 Å². The highest BCUT2D eigenvalue weighted by Gasteiger charge is 2.42. The van der Waals surface area contributed by atoms with Crippen LogP contribution in [-0.2, 0) is 5.41 Å². The molecule has 0 saturated carbocycles. The van der Waals surface area contributed by atoms with Crippen molar-refractivity contribution in [2.45, 2.75) is 24.7 Å².